The van der Waals surface area contributed by atoms with Crippen molar-refractivity contribution < 1.29 is 8.42 Å². The first kappa shape index (κ1) is 17.9. The zero-order valence-electron chi connectivity index (χ0n) is 12.6. The summed E-state index contributed by atoms with van der Waals surface area (Å²) in [6.07, 6.45) is 0. The number of hydrogen-bond acceptors (Lipinski definition) is 2. The van der Waals surface area contributed by atoms with Gasteiger partial charge in [0.15, 0.2) is 0 Å². The third-order valence-corrected chi connectivity index (χ3v) is 33.9. The molecule has 0 heterocycles. The van der Waals surface area contributed by atoms with E-state index in [1.54, 1.807) is 0 Å². The molecular weight excluding hydrogens is 304 g/mol. The van der Waals surface area contributed by atoms with Gasteiger partial charge in [0.25, 0.3) is 0 Å². The molecule has 0 aromatic carbocycles. The van der Waals surface area contributed by atoms with E-state index in [9.17, 15) is 8.42 Å². The van der Waals surface area contributed by atoms with Crippen LogP contribution in [0.5, 0.6) is 0 Å². The molecule has 0 aromatic heterocycles. The SMILES string of the molecule is C[Si](C)(C)C([Si](C)(C)C)([Si](C)(C)C)S(=O)(=O)Cl. The molecule has 0 N–H and O–H groups in total. The number of hydrogen-bond donors (Lipinski definition) is 0. The van der Waals surface area contributed by atoms with Crippen LogP contribution in [0.4, 0.5) is 0 Å². The van der Waals surface area contributed by atoms with Crippen LogP contribution in [0.1, 0.15) is 0 Å². The average molecular weight is 331 g/mol. The molecule has 0 fully saturated rings. The zero-order valence-corrected chi connectivity index (χ0v) is 17.2. The molecule has 17 heavy (non-hydrogen) atoms. The van der Waals surface area contributed by atoms with Crippen LogP contribution in [0.25, 0.3) is 0 Å². The van der Waals surface area contributed by atoms with Gasteiger partial charge in [-0.3, -0.25) is 0 Å². The first-order valence-electron chi connectivity index (χ1n) is 5.94. The van der Waals surface area contributed by atoms with Gasteiger partial charge in [-0.1, -0.05) is 58.9 Å². The predicted molar refractivity (Wildman–Crippen MR) is 87.5 cm³/mol. The Hall–Kier alpha value is 0.891. The molecule has 0 unspecified atom stereocenters. The van der Waals surface area contributed by atoms with Crippen molar-refractivity contribution in [3.63, 3.8) is 0 Å². The van der Waals surface area contributed by atoms with Crippen molar-refractivity contribution in [2.75, 3.05) is 0 Å². The highest BCUT2D eigenvalue weighted by molar-refractivity contribution is 8.19. The van der Waals surface area contributed by atoms with Crippen molar-refractivity contribution in [3.05, 3.63) is 0 Å². The van der Waals surface area contributed by atoms with Crippen molar-refractivity contribution >= 4 is 44.0 Å². The molecule has 0 aliphatic carbocycles. The standard InChI is InChI=1S/C10H27ClO2SSi3/c1-15(2,3)10(14(11,12)13,16(4,5)6)17(7,8)9/h1-9H3. The van der Waals surface area contributed by atoms with Gasteiger partial charge in [0.05, 0.1) is 27.8 Å². The second-order valence-corrected chi connectivity index (χ2v) is 28.9. The van der Waals surface area contributed by atoms with Crippen LogP contribution in [-0.4, -0.2) is 36.3 Å². The van der Waals surface area contributed by atoms with Gasteiger partial charge in [-0.15, -0.1) is 0 Å². The molecule has 0 radical (unpaired) electrons. The van der Waals surface area contributed by atoms with Crippen molar-refractivity contribution in [3.8, 4) is 0 Å². The summed E-state index contributed by atoms with van der Waals surface area (Å²) >= 11 is 0. The topological polar surface area (TPSA) is 34.1 Å². The zero-order chi connectivity index (χ0) is 14.5. The monoisotopic (exact) mass is 330 g/mol. The van der Waals surface area contributed by atoms with Gasteiger partial charge < -0.3 is 0 Å². The molecule has 0 rings (SSSR count). The van der Waals surface area contributed by atoms with E-state index in [4.69, 9.17) is 10.7 Å². The summed E-state index contributed by atoms with van der Waals surface area (Å²) < 4.78 is 24.3. The summed E-state index contributed by atoms with van der Waals surface area (Å²) in [6.45, 7) is 19.4. The third kappa shape index (κ3) is 2.75. The molecule has 0 saturated carbocycles. The molecule has 0 amide bonds. The first-order chi connectivity index (χ1) is 7.00. The third-order valence-electron chi connectivity index (χ3n) is 3.53. The Labute approximate surface area is 115 Å². The molecule has 0 aliphatic rings. The Morgan fingerprint density at radius 2 is 0.882 bits per heavy atom. The second-order valence-electron chi connectivity index (χ2n) is 7.87. The smallest absolute Gasteiger partial charge is 0.213 e. The largest absolute Gasteiger partial charge is 0.230 e. The van der Waals surface area contributed by atoms with E-state index in [1.165, 1.54) is 0 Å². The van der Waals surface area contributed by atoms with E-state index in [0.717, 1.165) is 0 Å². The van der Waals surface area contributed by atoms with Crippen molar-refractivity contribution in [2.24, 2.45) is 0 Å². The Kier molecular flexibility index (Phi) is 4.70. The molecule has 0 saturated heterocycles. The van der Waals surface area contributed by atoms with Crippen LogP contribution in [0, 0.1) is 0 Å². The quantitative estimate of drug-likeness (QED) is 0.578. The van der Waals surface area contributed by atoms with Crippen LogP contribution in [0.2, 0.25) is 58.9 Å². The van der Waals surface area contributed by atoms with Gasteiger partial charge in [0.2, 0.25) is 9.05 Å². The Morgan fingerprint density at radius 1 is 0.706 bits per heavy atom. The minimum absolute atomic E-state index is 0.596. The molecule has 0 spiro atoms. The molecule has 0 bridgehead atoms. The predicted octanol–water partition coefficient (Wildman–Crippen LogP) is 3.93. The molecular formula is C10H27ClO2SSi3. The van der Waals surface area contributed by atoms with Crippen LogP contribution >= 0.6 is 10.7 Å². The van der Waals surface area contributed by atoms with E-state index in [-0.39, 0.29) is 0 Å². The van der Waals surface area contributed by atoms with Crippen molar-refractivity contribution in [1.29, 1.82) is 0 Å². The van der Waals surface area contributed by atoms with E-state index >= 15 is 0 Å². The van der Waals surface area contributed by atoms with Gasteiger partial charge >= 0.3 is 0 Å². The van der Waals surface area contributed by atoms with Gasteiger partial charge in [-0.05, 0) is 0 Å². The molecule has 0 atom stereocenters. The molecule has 0 aromatic rings. The fraction of sp³-hybridized carbons (Fsp3) is 1.00. The lowest BCUT2D eigenvalue weighted by Crippen LogP contribution is -2.79. The highest BCUT2D eigenvalue weighted by Crippen LogP contribution is 2.46. The second kappa shape index (κ2) is 4.47. The maximum absolute atomic E-state index is 12.5. The van der Waals surface area contributed by atoms with Crippen LogP contribution in [0.3, 0.4) is 0 Å². The van der Waals surface area contributed by atoms with Gasteiger partial charge in [-0.25, -0.2) is 8.42 Å². The molecule has 2 nitrogen and oxygen atoms in total. The summed E-state index contributed by atoms with van der Waals surface area (Å²) in [5.41, 5.74) is 0. The van der Waals surface area contributed by atoms with Crippen molar-refractivity contribution in [1.82, 2.24) is 0 Å². The summed E-state index contributed by atoms with van der Waals surface area (Å²) in [7, 11) is -3.37. The molecule has 0 aliphatic heterocycles. The summed E-state index contributed by atoms with van der Waals surface area (Å²) in [5.74, 6) is 0. The van der Waals surface area contributed by atoms with Gasteiger partial charge in [0, 0.05) is 10.7 Å². The highest BCUT2D eigenvalue weighted by Gasteiger charge is 2.67. The number of halogens is 1. The summed E-state index contributed by atoms with van der Waals surface area (Å²) in [5, 5.41) is 0. The minimum atomic E-state index is -3.54. The minimum Gasteiger partial charge on any atom is -0.213 e. The van der Waals surface area contributed by atoms with Gasteiger partial charge in [0.1, 0.15) is 0 Å². The summed E-state index contributed by atoms with van der Waals surface area (Å²) in [4.78, 5) is 0. The Morgan fingerprint density at radius 3 is 0.882 bits per heavy atom. The van der Waals surface area contributed by atoms with E-state index in [1.807, 2.05) is 0 Å². The van der Waals surface area contributed by atoms with Gasteiger partial charge in [-0.2, -0.15) is 0 Å². The lowest BCUT2D eigenvalue weighted by Gasteiger charge is -2.56. The number of rotatable bonds is 4. The van der Waals surface area contributed by atoms with E-state index < -0.39 is 36.9 Å². The first-order valence-corrected chi connectivity index (χ1v) is 18.8. The highest BCUT2D eigenvalue weighted by atomic mass is 35.7. The maximum Gasteiger partial charge on any atom is 0.230 e. The van der Waals surface area contributed by atoms with E-state index in [0.29, 0.717) is 0 Å². The lowest BCUT2D eigenvalue weighted by molar-refractivity contribution is 0.607. The van der Waals surface area contributed by atoms with Crippen LogP contribution in [-0.2, 0) is 9.05 Å². The molecule has 104 valence electrons. The Balaban J connectivity index is 6.60. The lowest BCUT2D eigenvalue weighted by atomic mass is 11.6. The molecule has 7 heteroatoms. The van der Waals surface area contributed by atoms with Crippen molar-refractivity contribution in [2.45, 2.75) is 62.5 Å². The maximum atomic E-state index is 12.5. The Bertz CT molecular complexity index is 349. The van der Waals surface area contributed by atoms with E-state index in [2.05, 4.69) is 58.9 Å². The van der Waals surface area contributed by atoms with Crippen LogP contribution < -0.4 is 0 Å². The average Bonchev–Trinajstić information content (AvgIpc) is 1.67. The fourth-order valence-corrected chi connectivity index (χ4v) is 46.5. The van der Waals surface area contributed by atoms with Crippen LogP contribution in [0.15, 0.2) is 0 Å². The fourth-order valence-electron chi connectivity index (χ4n) is 4.47. The normalized spacial score (nSPS) is 16.1. The summed E-state index contributed by atoms with van der Waals surface area (Å²) in [6, 6.07) is 0.